The van der Waals surface area contributed by atoms with Gasteiger partial charge >= 0.3 is 0 Å². The van der Waals surface area contributed by atoms with Crippen LogP contribution in [0.3, 0.4) is 0 Å². The Morgan fingerprint density at radius 1 is 1.06 bits per heavy atom. The van der Waals surface area contributed by atoms with E-state index in [0.29, 0.717) is 5.57 Å². The number of aliphatic hydroxyl groups is 2. The van der Waals surface area contributed by atoms with Crippen molar-refractivity contribution >= 4 is 5.78 Å². The highest BCUT2D eigenvalue weighted by molar-refractivity contribution is 6.04. The maximum absolute atomic E-state index is 13.9. The summed E-state index contributed by atoms with van der Waals surface area (Å²) >= 11 is 0. The predicted molar refractivity (Wildman–Crippen MR) is 118 cm³/mol. The normalized spacial score (nSPS) is 47.4. The standard InChI is InChI=1S/C25H34O5.CH4O/c1-12-14-8-9-15-16-17(23(2,3)11-13-7-6-10-28-19(13)16)18(26)22-25(15,20(12)27)21(14)29-24(4,5)30-22;1-2/h14-18,21-22,26H,1,6-11H2,2-5H3;2H,1H3. The minimum Gasteiger partial charge on any atom is -0.498 e. The lowest BCUT2D eigenvalue weighted by Crippen LogP contribution is -2.74. The number of Topliss-reactive ketones (excluding diaryl/α,β-unsaturated/α-hetero) is 1. The van der Waals surface area contributed by atoms with Crippen LogP contribution in [-0.2, 0) is 19.0 Å². The van der Waals surface area contributed by atoms with Crippen LogP contribution in [0.25, 0.3) is 0 Å². The molecule has 6 nitrogen and oxygen atoms in total. The summed E-state index contributed by atoms with van der Waals surface area (Å²) in [6, 6.07) is 0. The van der Waals surface area contributed by atoms with Crippen LogP contribution in [-0.4, -0.2) is 53.8 Å². The number of hydrogen-bond acceptors (Lipinski definition) is 6. The molecule has 2 N–H and O–H groups in total. The molecule has 1 spiro atoms. The van der Waals surface area contributed by atoms with Gasteiger partial charge in [0, 0.05) is 24.9 Å². The summed E-state index contributed by atoms with van der Waals surface area (Å²) in [6.07, 6.45) is 3.34. The first kappa shape index (κ1) is 22.6. The third kappa shape index (κ3) is 2.64. The quantitative estimate of drug-likeness (QED) is 0.555. The minimum absolute atomic E-state index is 0.00254. The third-order valence-corrected chi connectivity index (χ3v) is 9.26. The van der Waals surface area contributed by atoms with Gasteiger partial charge in [-0.25, -0.2) is 0 Å². The Balaban J connectivity index is 0.00000105. The summed E-state index contributed by atoms with van der Waals surface area (Å²) in [5.74, 6) is 0.449. The van der Waals surface area contributed by atoms with Crippen molar-refractivity contribution in [1.82, 2.24) is 0 Å². The predicted octanol–water partition coefficient (Wildman–Crippen LogP) is 3.37. The number of ether oxygens (including phenoxy) is 3. The average molecular weight is 447 g/mol. The van der Waals surface area contributed by atoms with Crippen LogP contribution in [0.2, 0.25) is 0 Å². The summed E-state index contributed by atoms with van der Waals surface area (Å²) in [6.45, 7) is 13.3. The zero-order chi connectivity index (χ0) is 23.2. The smallest absolute Gasteiger partial charge is 0.170 e. The van der Waals surface area contributed by atoms with Crippen LogP contribution < -0.4 is 0 Å². The summed E-state index contributed by atoms with van der Waals surface area (Å²) in [5, 5.41) is 18.9. The van der Waals surface area contributed by atoms with Gasteiger partial charge in [-0.05, 0) is 68.4 Å². The monoisotopic (exact) mass is 446 g/mol. The van der Waals surface area contributed by atoms with Gasteiger partial charge in [0.05, 0.1) is 30.0 Å². The first-order valence-electron chi connectivity index (χ1n) is 12.2. The van der Waals surface area contributed by atoms with Crippen molar-refractivity contribution < 1.29 is 29.2 Å². The molecule has 3 saturated carbocycles. The first-order valence-corrected chi connectivity index (χ1v) is 12.2. The molecule has 0 radical (unpaired) electrons. The molecule has 4 aliphatic carbocycles. The van der Waals surface area contributed by atoms with E-state index in [-0.39, 0.29) is 41.0 Å². The molecule has 1 saturated heterocycles. The molecule has 178 valence electrons. The van der Waals surface area contributed by atoms with Crippen molar-refractivity contribution in [1.29, 1.82) is 0 Å². The highest BCUT2D eigenvalue weighted by Gasteiger charge is 2.77. The summed E-state index contributed by atoms with van der Waals surface area (Å²) in [4.78, 5) is 13.9. The first-order chi connectivity index (χ1) is 15.1. The Kier molecular flexibility index (Phi) is 5.04. The van der Waals surface area contributed by atoms with Crippen LogP contribution in [0.4, 0.5) is 0 Å². The molecule has 8 atom stereocenters. The van der Waals surface area contributed by atoms with E-state index >= 15 is 0 Å². The fraction of sp³-hybridized carbons (Fsp3) is 0.808. The third-order valence-electron chi connectivity index (χ3n) is 9.26. The van der Waals surface area contributed by atoms with E-state index in [4.69, 9.17) is 19.3 Å². The van der Waals surface area contributed by atoms with Crippen LogP contribution in [0.15, 0.2) is 23.5 Å². The molecule has 0 aromatic rings. The molecule has 8 unspecified atom stereocenters. The Bertz CT molecular complexity index is 872. The van der Waals surface area contributed by atoms with Gasteiger partial charge in [0.1, 0.15) is 6.10 Å². The van der Waals surface area contributed by atoms with Crippen molar-refractivity contribution in [2.45, 2.75) is 83.9 Å². The molecule has 0 aromatic heterocycles. The molecule has 6 rings (SSSR count). The van der Waals surface area contributed by atoms with E-state index < -0.39 is 23.4 Å². The maximum atomic E-state index is 13.9. The molecule has 2 bridgehead atoms. The van der Waals surface area contributed by atoms with E-state index in [1.165, 1.54) is 5.57 Å². The molecule has 0 aromatic carbocycles. The van der Waals surface area contributed by atoms with Gasteiger partial charge in [-0.3, -0.25) is 4.79 Å². The summed E-state index contributed by atoms with van der Waals surface area (Å²) in [7, 11) is 1.00. The fourth-order valence-corrected chi connectivity index (χ4v) is 8.46. The van der Waals surface area contributed by atoms with E-state index in [2.05, 4.69) is 20.4 Å². The summed E-state index contributed by atoms with van der Waals surface area (Å²) < 4.78 is 19.3. The minimum atomic E-state index is -0.845. The number of rotatable bonds is 0. The second kappa shape index (κ2) is 7.14. The maximum Gasteiger partial charge on any atom is 0.170 e. The molecule has 2 heterocycles. The lowest BCUT2D eigenvalue weighted by Gasteiger charge is -2.66. The molecular formula is C26H38O6. The fourth-order valence-electron chi connectivity index (χ4n) is 8.46. The zero-order valence-electron chi connectivity index (χ0n) is 20.0. The van der Waals surface area contributed by atoms with Gasteiger partial charge in [0.25, 0.3) is 0 Å². The number of fused-ring (bicyclic) bond motifs is 3. The SMILES string of the molecule is C=C1C(=O)C23C4CCC1C2OC(C)(C)OC3C(O)C1C4C2=C(CCCO2)CC1(C)C.CO. The van der Waals surface area contributed by atoms with Gasteiger partial charge in [-0.2, -0.15) is 0 Å². The second-order valence-corrected chi connectivity index (χ2v) is 11.7. The number of carbonyl (C=O) groups is 1. The summed E-state index contributed by atoms with van der Waals surface area (Å²) in [5.41, 5.74) is 1.15. The van der Waals surface area contributed by atoms with Crippen molar-refractivity contribution in [3.8, 4) is 0 Å². The van der Waals surface area contributed by atoms with Gasteiger partial charge in [0.15, 0.2) is 11.6 Å². The number of carbonyl (C=O) groups excluding carboxylic acids is 1. The molecular weight excluding hydrogens is 408 g/mol. The highest BCUT2D eigenvalue weighted by Crippen LogP contribution is 2.70. The van der Waals surface area contributed by atoms with Crippen molar-refractivity contribution in [3.05, 3.63) is 23.5 Å². The lowest BCUT2D eigenvalue weighted by molar-refractivity contribution is -0.388. The molecule has 4 fully saturated rings. The van der Waals surface area contributed by atoms with Crippen LogP contribution in [0.5, 0.6) is 0 Å². The van der Waals surface area contributed by atoms with Crippen molar-refractivity contribution in [2.24, 2.45) is 34.5 Å². The Morgan fingerprint density at radius 3 is 2.47 bits per heavy atom. The molecule has 6 heteroatoms. The molecule has 6 aliphatic rings. The Labute approximate surface area is 191 Å². The van der Waals surface area contributed by atoms with Crippen molar-refractivity contribution in [2.75, 3.05) is 13.7 Å². The molecule has 0 amide bonds. The molecule has 2 aliphatic heterocycles. The van der Waals surface area contributed by atoms with Gasteiger partial charge in [-0.15, -0.1) is 0 Å². The largest absolute Gasteiger partial charge is 0.498 e. The zero-order valence-corrected chi connectivity index (χ0v) is 20.0. The van der Waals surface area contributed by atoms with Crippen molar-refractivity contribution in [3.63, 3.8) is 0 Å². The van der Waals surface area contributed by atoms with Crippen LogP contribution >= 0.6 is 0 Å². The number of hydrogen-bond donors (Lipinski definition) is 2. The van der Waals surface area contributed by atoms with E-state index in [9.17, 15) is 9.90 Å². The van der Waals surface area contributed by atoms with Gasteiger partial charge in [0.2, 0.25) is 0 Å². The van der Waals surface area contributed by atoms with E-state index in [1.807, 2.05) is 13.8 Å². The topological polar surface area (TPSA) is 85.2 Å². The average Bonchev–Trinajstić information content (AvgIpc) is 2.87. The lowest BCUT2D eigenvalue weighted by atomic mass is 9.44. The van der Waals surface area contributed by atoms with E-state index in [0.717, 1.165) is 51.6 Å². The van der Waals surface area contributed by atoms with Gasteiger partial charge in [-0.1, -0.05) is 20.4 Å². The molecule has 32 heavy (non-hydrogen) atoms. The second-order valence-electron chi connectivity index (χ2n) is 11.7. The Morgan fingerprint density at radius 2 is 1.75 bits per heavy atom. The highest BCUT2D eigenvalue weighted by atomic mass is 16.7. The van der Waals surface area contributed by atoms with Crippen LogP contribution in [0, 0.1) is 34.5 Å². The van der Waals surface area contributed by atoms with Crippen LogP contribution in [0.1, 0.15) is 59.8 Å². The number of allylic oxidation sites excluding steroid dienone is 2. The Hall–Kier alpha value is -1.21. The number of ketones is 1. The van der Waals surface area contributed by atoms with Gasteiger partial charge < -0.3 is 24.4 Å². The number of aliphatic hydroxyl groups excluding tert-OH is 2. The van der Waals surface area contributed by atoms with E-state index in [1.54, 1.807) is 0 Å².